The van der Waals surface area contributed by atoms with Crippen LogP contribution < -0.4 is 5.73 Å². The van der Waals surface area contributed by atoms with Crippen molar-refractivity contribution in [3.63, 3.8) is 0 Å². The summed E-state index contributed by atoms with van der Waals surface area (Å²) in [5, 5.41) is 0. The van der Waals surface area contributed by atoms with Crippen molar-refractivity contribution in [2.75, 3.05) is 6.54 Å². The first-order valence-corrected chi connectivity index (χ1v) is 3.64. The molecule has 0 atom stereocenters. The Hall–Kier alpha value is -0.760. The average Bonchev–Trinajstić information content (AvgIpc) is 2.41. The Labute approximate surface area is 61.0 Å². The van der Waals surface area contributed by atoms with E-state index in [1.807, 2.05) is 6.07 Å². The Morgan fingerprint density at radius 2 is 2.30 bits per heavy atom. The number of aryl methyl sites for hydroxylation is 1. The molecule has 0 amide bonds. The fourth-order valence-corrected chi connectivity index (χ4v) is 0.908. The van der Waals surface area contributed by atoms with E-state index >= 15 is 0 Å². The Kier molecular flexibility index (Phi) is 3.03. The van der Waals surface area contributed by atoms with Crippen molar-refractivity contribution in [3.8, 4) is 0 Å². The van der Waals surface area contributed by atoms with Gasteiger partial charge in [0.1, 0.15) is 0 Å². The number of hydrogen-bond acceptors (Lipinski definition) is 2. The summed E-state index contributed by atoms with van der Waals surface area (Å²) in [4.78, 5) is 0. The summed E-state index contributed by atoms with van der Waals surface area (Å²) in [5.74, 6) is 0. The van der Waals surface area contributed by atoms with E-state index in [-0.39, 0.29) is 0 Å². The smallest absolute Gasteiger partial charge is 0.0934 e. The zero-order chi connectivity index (χ0) is 7.23. The van der Waals surface area contributed by atoms with Crippen molar-refractivity contribution in [3.05, 3.63) is 24.2 Å². The number of furan rings is 1. The molecule has 2 heteroatoms. The first-order valence-electron chi connectivity index (χ1n) is 3.64. The Morgan fingerprint density at radius 3 is 2.90 bits per heavy atom. The van der Waals surface area contributed by atoms with Gasteiger partial charge in [0.05, 0.1) is 12.5 Å². The van der Waals surface area contributed by atoms with Crippen LogP contribution in [0.25, 0.3) is 0 Å². The van der Waals surface area contributed by atoms with Gasteiger partial charge in [-0.2, -0.15) is 0 Å². The summed E-state index contributed by atoms with van der Waals surface area (Å²) in [6.07, 6.45) is 6.85. The molecule has 1 aromatic rings. The molecule has 1 heterocycles. The average molecular weight is 139 g/mol. The number of unbranched alkanes of at least 4 members (excludes halogenated alkanes) is 1. The number of nitrogens with two attached hydrogens (primary N) is 1. The van der Waals surface area contributed by atoms with Crippen molar-refractivity contribution in [1.82, 2.24) is 0 Å². The predicted molar refractivity (Wildman–Crippen MR) is 40.7 cm³/mol. The molecule has 10 heavy (non-hydrogen) atoms. The van der Waals surface area contributed by atoms with Gasteiger partial charge in [0.2, 0.25) is 0 Å². The molecule has 0 spiro atoms. The molecule has 0 aliphatic carbocycles. The van der Waals surface area contributed by atoms with Gasteiger partial charge >= 0.3 is 0 Å². The highest BCUT2D eigenvalue weighted by atomic mass is 16.3. The highest BCUT2D eigenvalue weighted by molar-refractivity contribution is 5.04. The third-order valence-corrected chi connectivity index (χ3v) is 1.50. The van der Waals surface area contributed by atoms with E-state index in [0.717, 1.165) is 25.8 Å². The minimum Gasteiger partial charge on any atom is -0.472 e. The molecule has 1 aromatic heterocycles. The van der Waals surface area contributed by atoms with Crippen molar-refractivity contribution in [1.29, 1.82) is 0 Å². The molecule has 1 rings (SSSR count). The van der Waals surface area contributed by atoms with Crippen LogP contribution in [-0.2, 0) is 6.42 Å². The van der Waals surface area contributed by atoms with Crippen LogP contribution in [-0.4, -0.2) is 6.54 Å². The quantitative estimate of drug-likeness (QED) is 0.643. The molecular weight excluding hydrogens is 126 g/mol. The standard InChI is InChI=1S/C8H13NO/c9-5-2-1-3-8-4-6-10-7-8/h4,6-7H,1-3,5,9H2. The molecule has 0 aliphatic rings. The molecule has 0 aliphatic heterocycles. The molecule has 0 saturated heterocycles. The van der Waals surface area contributed by atoms with Gasteiger partial charge in [0.15, 0.2) is 0 Å². The van der Waals surface area contributed by atoms with Crippen LogP contribution >= 0.6 is 0 Å². The topological polar surface area (TPSA) is 39.2 Å². The lowest BCUT2D eigenvalue weighted by molar-refractivity contribution is 0.562. The summed E-state index contributed by atoms with van der Waals surface area (Å²) in [5.41, 5.74) is 6.62. The Bertz CT molecular complexity index is 158. The van der Waals surface area contributed by atoms with Crippen LogP contribution in [0.1, 0.15) is 18.4 Å². The zero-order valence-corrected chi connectivity index (χ0v) is 6.05. The normalized spacial score (nSPS) is 10.1. The van der Waals surface area contributed by atoms with Gasteiger partial charge in [-0.25, -0.2) is 0 Å². The molecule has 2 nitrogen and oxygen atoms in total. The van der Waals surface area contributed by atoms with Gasteiger partial charge in [0, 0.05) is 0 Å². The maximum absolute atomic E-state index is 5.34. The summed E-state index contributed by atoms with van der Waals surface area (Å²) in [7, 11) is 0. The SMILES string of the molecule is NCCCCc1ccoc1. The van der Waals surface area contributed by atoms with Gasteiger partial charge in [0.25, 0.3) is 0 Å². The van der Waals surface area contributed by atoms with Crippen LogP contribution in [0.3, 0.4) is 0 Å². The largest absolute Gasteiger partial charge is 0.472 e. The van der Waals surface area contributed by atoms with Crippen LogP contribution in [0.2, 0.25) is 0 Å². The molecule has 0 unspecified atom stereocenters. The molecule has 0 saturated carbocycles. The molecule has 2 N–H and O–H groups in total. The number of rotatable bonds is 4. The van der Waals surface area contributed by atoms with E-state index in [1.165, 1.54) is 5.56 Å². The molecular formula is C8H13NO. The van der Waals surface area contributed by atoms with Crippen molar-refractivity contribution < 1.29 is 4.42 Å². The highest BCUT2D eigenvalue weighted by Gasteiger charge is 1.92. The fraction of sp³-hybridized carbons (Fsp3) is 0.500. The van der Waals surface area contributed by atoms with Gasteiger partial charge in [-0.15, -0.1) is 0 Å². The summed E-state index contributed by atoms with van der Waals surface area (Å²) in [6.45, 7) is 0.790. The van der Waals surface area contributed by atoms with Crippen molar-refractivity contribution in [2.24, 2.45) is 5.73 Å². The van der Waals surface area contributed by atoms with Crippen molar-refractivity contribution >= 4 is 0 Å². The second-order valence-corrected chi connectivity index (χ2v) is 2.38. The van der Waals surface area contributed by atoms with E-state index in [1.54, 1.807) is 12.5 Å². The summed E-state index contributed by atoms with van der Waals surface area (Å²) in [6, 6.07) is 2.00. The van der Waals surface area contributed by atoms with Crippen LogP contribution in [0, 0.1) is 0 Å². The molecule has 56 valence electrons. The van der Waals surface area contributed by atoms with Gasteiger partial charge in [-0.05, 0) is 37.4 Å². The van der Waals surface area contributed by atoms with E-state index in [0.29, 0.717) is 0 Å². The highest BCUT2D eigenvalue weighted by Crippen LogP contribution is 2.04. The zero-order valence-electron chi connectivity index (χ0n) is 6.05. The second kappa shape index (κ2) is 4.12. The molecule has 0 fully saturated rings. The van der Waals surface area contributed by atoms with Gasteiger partial charge in [-0.3, -0.25) is 0 Å². The first kappa shape index (κ1) is 7.35. The van der Waals surface area contributed by atoms with Crippen LogP contribution in [0.5, 0.6) is 0 Å². The van der Waals surface area contributed by atoms with E-state index in [4.69, 9.17) is 10.2 Å². The van der Waals surface area contributed by atoms with E-state index < -0.39 is 0 Å². The summed E-state index contributed by atoms with van der Waals surface area (Å²) >= 11 is 0. The Balaban J connectivity index is 2.15. The lowest BCUT2D eigenvalue weighted by atomic mass is 10.1. The lowest BCUT2D eigenvalue weighted by Gasteiger charge is -1.93. The van der Waals surface area contributed by atoms with Gasteiger partial charge in [-0.1, -0.05) is 0 Å². The van der Waals surface area contributed by atoms with E-state index in [2.05, 4.69) is 0 Å². The predicted octanol–water partition coefficient (Wildman–Crippen LogP) is 1.56. The minimum atomic E-state index is 0.790. The minimum absolute atomic E-state index is 0.790. The summed E-state index contributed by atoms with van der Waals surface area (Å²) < 4.78 is 4.91. The second-order valence-electron chi connectivity index (χ2n) is 2.38. The van der Waals surface area contributed by atoms with Crippen molar-refractivity contribution in [2.45, 2.75) is 19.3 Å². The van der Waals surface area contributed by atoms with E-state index in [9.17, 15) is 0 Å². The number of hydrogen-bond donors (Lipinski definition) is 1. The maximum Gasteiger partial charge on any atom is 0.0934 e. The molecule has 0 radical (unpaired) electrons. The van der Waals surface area contributed by atoms with Gasteiger partial charge < -0.3 is 10.2 Å². The molecule has 0 aromatic carbocycles. The monoisotopic (exact) mass is 139 g/mol. The maximum atomic E-state index is 5.34. The molecule has 0 bridgehead atoms. The fourth-order valence-electron chi connectivity index (χ4n) is 0.908. The Morgan fingerprint density at radius 1 is 1.40 bits per heavy atom. The van der Waals surface area contributed by atoms with Crippen LogP contribution in [0.4, 0.5) is 0 Å². The lowest BCUT2D eigenvalue weighted by Crippen LogP contribution is -1.98. The first-order chi connectivity index (χ1) is 4.93. The van der Waals surface area contributed by atoms with Crippen LogP contribution in [0.15, 0.2) is 23.0 Å². The third-order valence-electron chi connectivity index (χ3n) is 1.50. The third kappa shape index (κ3) is 2.23.